The van der Waals surface area contributed by atoms with Gasteiger partial charge in [0.25, 0.3) is 0 Å². The van der Waals surface area contributed by atoms with Crippen LogP contribution in [0.25, 0.3) is 0 Å². The molecule has 2 heteroatoms. The van der Waals surface area contributed by atoms with Crippen LogP contribution in [0.4, 0.5) is 0 Å². The molecule has 0 rings (SSSR count). The molecule has 0 bridgehead atoms. The number of rotatable bonds is 15. The molecule has 0 amide bonds. The quantitative estimate of drug-likeness (QED) is 0.178. The number of hydrogen-bond donors (Lipinski definition) is 0. The predicted octanol–water partition coefficient (Wildman–Crippen LogP) is 8.09. The second kappa shape index (κ2) is 13.6. The summed E-state index contributed by atoms with van der Waals surface area (Å²) in [7, 11) is 0. The van der Waals surface area contributed by atoms with Gasteiger partial charge in [0.1, 0.15) is 0 Å². The molecule has 0 aliphatic rings. The summed E-state index contributed by atoms with van der Waals surface area (Å²) in [5.41, 5.74) is -0.0342. The molecule has 0 radical (unpaired) electrons. The Labute approximate surface area is 164 Å². The second-order valence-corrected chi connectivity index (χ2v) is 23.3. The first kappa shape index (κ1) is 25.5. The van der Waals surface area contributed by atoms with Crippen molar-refractivity contribution in [1.29, 1.82) is 0 Å². The van der Waals surface area contributed by atoms with Crippen LogP contribution in [0.5, 0.6) is 0 Å². The van der Waals surface area contributed by atoms with Crippen LogP contribution in [0.1, 0.15) is 87.0 Å². The maximum absolute atomic E-state index is 6.26. The third-order valence-corrected chi connectivity index (χ3v) is 21.8. The number of unbranched alkanes of at least 4 members (excludes halogenated alkanes) is 3. The fraction of sp³-hybridized carbons (Fsp3) is 0.913. The molecule has 0 heterocycles. The van der Waals surface area contributed by atoms with E-state index in [0.29, 0.717) is 11.8 Å². The Hall–Kier alpha value is 0.499. The zero-order valence-corrected chi connectivity index (χ0v) is 21.5. The summed E-state index contributed by atoms with van der Waals surface area (Å²) < 4.78 is 12.6. The third-order valence-electron chi connectivity index (χ3n) is 5.72. The van der Waals surface area contributed by atoms with Crippen molar-refractivity contribution in [1.82, 2.24) is 0 Å². The molecule has 0 saturated heterocycles. The summed E-state index contributed by atoms with van der Waals surface area (Å²) in [5, 5.41) is 0. The van der Waals surface area contributed by atoms with Crippen LogP contribution in [0.3, 0.4) is 0 Å². The number of ether oxygens (including phenoxy) is 1. The Bertz CT molecular complexity index is 310. The van der Waals surface area contributed by atoms with Gasteiger partial charge in [-0.1, -0.05) is 0 Å². The van der Waals surface area contributed by atoms with Gasteiger partial charge in [0.2, 0.25) is 0 Å². The van der Waals surface area contributed by atoms with Gasteiger partial charge in [-0.05, 0) is 0 Å². The number of hydrogen-bond acceptors (Lipinski definition) is 1. The first-order valence-corrected chi connectivity index (χ1v) is 19.1. The molecule has 0 aromatic heterocycles. The van der Waals surface area contributed by atoms with Crippen LogP contribution in [0.15, 0.2) is 12.7 Å². The van der Waals surface area contributed by atoms with E-state index in [1.165, 1.54) is 43.0 Å². The Morgan fingerprint density at radius 1 is 0.920 bits per heavy atom. The van der Waals surface area contributed by atoms with Crippen molar-refractivity contribution in [2.75, 3.05) is 6.61 Å². The van der Waals surface area contributed by atoms with Crippen LogP contribution >= 0.6 is 0 Å². The molecule has 150 valence electrons. The zero-order chi connectivity index (χ0) is 19.3. The van der Waals surface area contributed by atoms with Crippen LogP contribution in [0, 0.1) is 11.8 Å². The van der Waals surface area contributed by atoms with E-state index in [4.69, 9.17) is 4.74 Å². The monoisotopic (exact) mass is 460 g/mol. The van der Waals surface area contributed by atoms with Crippen molar-refractivity contribution in [2.45, 2.75) is 110 Å². The van der Waals surface area contributed by atoms with E-state index in [1.807, 2.05) is 0 Å². The molecule has 0 N–H and O–H groups in total. The van der Waals surface area contributed by atoms with Gasteiger partial charge in [0.15, 0.2) is 0 Å². The van der Waals surface area contributed by atoms with Crippen molar-refractivity contribution >= 4 is 18.4 Å². The van der Waals surface area contributed by atoms with Gasteiger partial charge in [-0.2, -0.15) is 0 Å². The molecule has 0 spiro atoms. The fourth-order valence-electron chi connectivity index (χ4n) is 3.84. The van der Waals surface area contributed by atoms with Crippen LogP contribution in [-0.4, -0.2) is 30.6 Å². The van der Waals surface area contributed by atoms with Gasteiger partial charge >= 0.3 is 165 Å². The summed E-state index contributed by atoms with van der Waals surface area (Å²) in [6.45, 7) is 21.0. The van der Waals surface area contributed by atoms with E-state index in [0.717, 1.165) is 6.61 Å². The molecule has 0 aromatic rings. The number of allylic oxidation sites excluding steroid dienone is 1. The van der Waals surface area contributed by atoms with E-state index in [1.54, 1.807) is 13.3 Å². The maximum atomic E-state index is 6.26. The van der Waals surface area contributed by atoms with Crippen molar-refractivity contribution < 1.29 is 4.74 Å². The topological polar surface area (TPSA) is 9.23 Å². The zero-order valence-electron chi connectivity index (χ0n) is 18.6. The molecule has 25 heavy (non-hydrogen) atoms. The molecule has 2 atom stereocenters. The molecular weight excluding hydrogens is 411 g/mol. The average Bonchev–Trinajstić information content (AvgIpc) is 2.58. The summed E-state index contributed by atoms with van der Waals surface area (Å²) in [6, 6.07) is 0. The molecule has 1 nitrogen and oxygen atoms in total. The fourth-order valence-corrected chi connectivity index (χ4v) is 21.7. The minimum atomic E-state index is -2.11. The summed E-state index contributed by atoms with van der Waals surface area (Å²) >= 11 is -2.11. The van der Waals surface area contributed by atoms with Gasteiger partial charge in [-0.25, -0.2) is 0 Å². The molecule has 0 unspecified atom stereocenters. The van der Waals surface area contributed by atoms with Gasteiger partial charge in [-0.3, -0.25) is 0 Å². The molecule has 0 aliphatic carbocycles. The normalized spacial score (nSPS) is 15.2. The Morgan fingerprint density at radius 2 is 1.36 bits per heavy atom. The summed E-state index contributed by atoms with van der Waals surface area (Å²) in [5.74, 6) is 1.25. The first-order chi connectivity index (χ1) is 11.7. The van der Waals surface area contributed by atoms with Crippen molar-refractivity contribution in [3.8, 4) is 0 Å². The predicted molar refractivity (Wildman–Crippen MR) is 118 cm³/mol. The average molecular weight is 459 g/mol. The molecule has 0 aromatic carbocycles. The minimum absolute atomic E-state index is 0.0342. The second-order valence-electron chi connectivity index (χ2n) is 9.29. The van der Waals surface area contributed by atoms with E-state index in [-0.39, 0.29) is 5.60 Å². The SMILES string of the molecule is C=C[C@H](C)[C@@H](COC(C)(C)C)[CH2][Sn]([CH2]CCC)([CH2]CCC)[CH2]CCC. The van der Waals surface area contributed by atoms with E-state index in [2.05, 4.69) is 61.1 Å². The Balaban J connectivity index is 5.31. The molecular formula is C23H48OSn. The van der Waals surface area contributed by atoms with Crippen molar-refractivity contribution in [3.05, 3.63) is 12.7 Å². The molecule has 0 fully saturated rings. The standard InChI is InChI=1S/C11H21O.3C4H9.Sn/c1-7-9(2)10(3)8-12-11(4,5)6;3*1-3-4-2;/h7,9-10H,1,3,8H2,2,4-6H3;3*1,3-4H2,2H3;/t9-,10+;;;;/m0..../s1. The van der Waals surface area contributed by atoms with Crippen LogP contribution < -0.4 is 0 Å². The van der Waals surface area contributed by atoms with E-state index < -0.39 is 18.4 Å². The third kappa shape index (κ3) is 11.7. The summed E-state index contributed by atoms with van der Waals surface area (Å²) in [6.07, 6.45) is 10.6. The van der Waals surface area contributed by atoms with Gasteiger partial charge in [0.05, 0.1) is 0 Å². The van der Waals surface area contributed by atoms with Gasteiger partial charge < -0.3 is 0 Å². The first-order valence-electron chi connectivity index (χ1n) is 11.0. The van der Waals surface area contributed by atoms with Crippen molar-refractivity contribution in [2.24, 2.45) is 11.8 Å². The molecule has 0 saturated carbocycles. The Morgan fingerprint density at radius 3 is 1.68 bits per heavy atom. The van der Waals surface area contributed by atoms with Gasteiger partial charge in [-0.15, -0.1) is 0 Å². The van der Waals surface area contributed by atoms with E-state index >= 15 is 0 Å². The van der Waals surface area contributed by atoms with E-state index in [9.17, 15) is 0 Å². The Kier molecular flexibility index (Phi) is 13.9. The van der Waals surface area contributed by atoms with Crippen LogP contribution in [0.2, 0.25) is 17.7 Å². The van der Waals surface area contributed by atoms with Crippen LogP contribution in [-0.2, 0) is 4.74 Å². The van der Waals surface area contributed by atoms with Gasteiger partial charge in [0, 0.05) is 0 Å². The van der Waals surface area contributed by atoms with Crippen molar-refractivity contribution in [3.63, 3.8) is 0 Å². The summed E-state index contributed by atoms with van der Waals surface area (Å²) in [4.78, 5) is 0. The molecule has 0 aliphatic heterocycles.